The molecular weight excluding hydrogens is 296 g/mol. The summed E-state index contributed by atoms with van der Waals surface area (Å²) in [4.78, 5) is 20.2. The topological polar surface area (TPSA) is 39.9 Å². The predicted octanol–water partition coefficient (Wildman–Crippen LogP) is 2.23. The molecule has 22 heavy (non-hydrogen) atoms. The van der Waals surface area contributed by atoms with Crippen LogP contribution < -0.4 is 10.2 Å². The number of likely N-dealkylation sites (tertiary alicyclic amines) is 1. The Kier molecular flexibility index (Phi) is 3.63. The number of carbonyl (C=O) groups is 1. The third kappa shape index (κ3) is 2.27. The van der Waals surface area contributed by atoms with Gasteiger partial charge in [-0.15, -0.1) is 0 Å². The van der Waals surface area contributed by atoms with Crippen LogP contribution in [0.4, 0.5) is 11.4 Å². The molecule has 6 heteroatoms. The summed E-state index contributed by atoms with van der Waals surface area (Å²) in [7, 11) is 2.06. The molecule has 0 bridgehead atoms. The number of rotatable bonds is 1. The second-order valence-corrected chi connectivity index (χ2v) is 6.43. The van der Waals surface area contributed by atoms with E-state index in [0.29, 0.717) is 10.8 Å². The minimum Gasteiger partial charge on any atom is -0.347 e. The Bertz CT molecular complexity index is 686. The molecule has 2 saturated heterocycles. The Morgan fingerprint density at radius 2 is 2.05 bits per heavy atom. The number of aryl methyl sites for hydroxylation is 1. The molecule has 0 radical (unpaired) electrons. The molecule has 2 heterocycles. The summed E-state index contributed by atoms with van der Waals surface area (Å²) in [5, 5.41) is 3.72. The molecule has 0 saturated carbocycles. The summed E-state index contributed by atoms with van der Waals surface area (Å²) in [5.74, 6) is 0.0283. The van der Waals surface area contributed by atoms with E-state index in [9.17, 15) is 4.79 Å². The van der Waals surface area contributed by atoms with Gasteiger partial charge in [0.1, 0.15) is 5.54 Å². The molecular formula is C16H18N4OS. The van der Waals surface area contributed by atoms with E-state index in [1.807, 2.05) is 13.0 Å². The van der Waals surface area contributed by atoms with Crippen molar-refractivity contribution in [1.82, 2.24) is 10.2 Å². The minimum atomic E-state index is -0.560. The lowest BCUT2D eigenvalue weighted by Gasteiger charge is -2.35. The standard InChI is InChI=1S/C16H18N4OS/c1-11-10-12(4-5-13(11)17-2)20-14(21)16(18-15(20)22)6-8-19(3)9-7-16/h4-5,10H,6-9H2,1,3H3,(H,18,22). The van der Waals surface area contributed by atoms with Crippen LogP contribution in [0, 0.1) is 13.5 Å². The minimum absolute atomic E-state index is 0.0283. The largest absolute Gasteiger partial charge is 0.347 e. The highest BCUT2D eigenvalue weighted by molar-refractivity contribution is 7.80. The summed E-state index contributed by atoms with van der Waals surface area (Å²) in [6, 6.07) is 5.39. The molecule has 2 fully saturated rings. The molecule has 1 spiro atoms. The summed E-state index contributed by atoms with van der Waals surface area (Å²) in [5.41, 5.74) is 1.63. The number of carbonyl (C=O) groups excluding carboxylic acids is 1. The first-order chi connectivity index (χ1) is 10.5. The summed E-state index contributed by atoms with van der Waals surface area (Å²) in [6.45, 7) is 10.8. The summed E-state index contributed by atoms with van der Waals surface area (Å²) >= 11 is 5.41. The lowest BCUT2D eigenvalue weighted by Crippen LogP contribution is -2.54. The Labute approximate surface area is 135 Å². The third-order valence-electron chi connectivity index (χ3n) is 4.56. The van der Waals surface area contributed by atoms with Gasteiger partial charge < -0.3 is 10.2 Å². The highest BCUT2D eigenvalue weighted by Crippen LogP contribution is 2.34. The van der Waals surface area contributed by atoms with E-state index in [4.69, 9.17) is 18.8 Å². The molecule has 114 valence electrons. The molecule has 3 rings (SSSR count). The second-order valence-electron chi connectivity index (χ2n) is 6.04. The quantitative estimate of drug-likeness (QED) is 0.637. The van der Waals surface area contributed by atoms with Gasteiger partial charge in [0.2, 0.25) is 0 Å². The zero-order valence-electron chi connectivity index (χ0n) is 12.7. The average molecular weight is 314 g/mol. The van der Waals surface area contributed by atoms with Gasteiger partial charge in [0, 0.05) is 18.8 Å². The van der Waals surface area contributed by atoms with Crippen molar-refractivity contribution in [2.24, 2.45) is 0 Å². The van der Waals surface area contributed by atoms with Crippen molar-refractivity contribution in [3.8, 4) is 0 Å². The highest BCUT2D eigenvalue weighted by Gasteiger charge is 2.50. The van der Waals surface area contributed by atoms with Gasteiger partial charge in [0.25, 0.3) is 5.91 Å². The van der Waals surface area contributed by atoms with E-state index in [1.54, 1.807) is 17.0 Å². The maximum atomic E-state index is 13.0. The molecule has 0 aliphatic carbocycles. The van der Waals surface area contributed by atoms with Gasteiger partial charge >= 0.3 is 0 Å². The van der Waals surface area contributed by atoms with Crippen molar-refractivity contribution in [3.63, 3.8) is 0 Å². The number of thiocarbonyl (C=S) groups is 1. The van der Waals surface area contributed by atoms with E-state index in [-0.39, 0.29) is 5.91 Å². The van der Waals surface area contributed by atoms with Crippen LogP contribution in [-0.2, 0) is 4.79 Å². The van der Waals surface area contributed by atoms with Gasteiger partial charge in [-0.1, -0.05) is 6.07 Å². The third-order valence-corrected chi connectivity index (χ3v) is 4.85. The normalized spacial score (nSPS) is 21.0. The van der Waals surface area contributed by atoms with Crippen LogP contribution in [0.3, 0.4) is 0 Å². The van der Waals surface area contributed by atoms with Gasteiger partial charge in [-0.3, -0.25) is 9.69 Å². The van der Waals surface area contributed by atoms with Crippen LogP contribution in [0.5, 0.6) is 0 Å². The number of anilines is 1. The maximum Gasteiger partial charge on any atom is 0.259 e. The first-order valence-corrected chi connectivity index (χ1v) is 7.71. The van der Waals surface area contributed by atoms with E-state index in [1.165, 1.54) is 0 Å². The lowest BCUT2D eigenvalue weighted by atomic mass is 9.87. The van der Waals surface area contributed by atoms with Gasteiger partial charge in [-0.05, 0) is 56.7 Å². The highest BCUT2D eigenvalue weighted by atomic mass is 32.1. The Hall–Kier alpha value is -1.97. The second kappa shape index (κ2) is 5.34. The average Bonchev–Trinajstić information content (AvgIpc) is 2.73. The van der Waals surface area contributed by atoms with Crippen LogP contribution in [0.25, 0.3) is 4.85 Å². The van der Waals surface area contributed by atoms with Gasteiger partial charge in [0.15, 0.2) is 10.8 Å². The van der Waals surface area contributed by atoms with Gasteiger partial charge in [0.05, 0.1) is 6.57 Å². The summed E-state index contributed by atoms with van der Waals surface area (Å²) in [6.07, 6.45) is 1.52. The number of nitrogens with zero attached hydrogens (tertiary/aromatic N) is 3. The molecule has 2 aliphatic heterocycles. The fraction of sp³-hybridized carbons (Fsp3) is 0.438. The van der Waals surface area contributed by atoms with Crippen LogP contribution in [0.1, 0.15) is 18.4 Å². The van der Waals surface area contributed by atoms with Gasteiger partial charge in [-0.25, -0.2) is 4.85 Å². The van der Waals surface area contributed by atoms with Crippen molar-refractivity contribution in [3.05, 3.63) is 35.2 Å². The SMILES string of the molecule is [C-]#[N+]c1ccc(N2C(=O)C3(CCN(C)CC3)NC2=S)cc1C. The van der Waals surface area contributed by atoms with Crippen molar-refractivity contribution >= 4 is 34.6 Å². The van der Waals surface area contributed by atoms with E-state index in [0.717, 1.165) is 37.2 Å². The maximum absolute atomic E-state index is 13.0. The number of hydrogen-bond donors (Lipinski definition) is 1. The zero-order chi connectivity index (χ0) is 15.9. The number of nitrogens with one attached hydrogen (secondary N) is 1. The van der Waals surface area contributed by atoms with E-state index < -0.39 is 5.54 Å². The Morgan fingerprint density at radius 3 is 2.64 bits per heavy atom. The van der Waals surface area contributed by atoms with Crippen LogP contribution in [-0.4, -0.2) is 41.6 Å². The molecule has 0 atom stereocenters. The number of amides is 1. The fourth-order valence-corrected chi connectivity index (χ4v) is 3.48. The molecule has 0 aromatic heterocycles. The first kappa shape index (κ1) is 14.9. The Morgan fingerprint density at radius 1 is 1.36 bits per heavy atom. The van der Waals surface area contributed by atoms with Crippen molar-refractivity contribution in [1.29, 1.82) is 0 Å². The van der Waals surface area contributed by atoms with Crippen molar-refractivity contribution in [2.45, 2.75) is 25.3 Å². The molecule has 0 unspecified atom stereocenters. The summed E-state index contributed by atoms with van der Waals surface area (Å²) < 4.78 is 0. The van der Waals surface area contributed by atoms with Crippen LogP contribution in [0.2, 0.25) is 0 Å². The first-order valence-electron chi connectivity index (χ1n) is 7.30. The van der Waals surface area contributed by atoms with Gasteiger partial charge in [-0.2, -0.15) is 0 Å². The zero-order valence-corrected chi connectivity index (χ0v) is 13.5. The number of piperidine rings is 1. The lowest BCUT2D eigenvalue weighted by molar-refractivity contribution is -0.123. The smallest absolute Gasteiger partial charge is 0.259 e. The molecule has 1 amide bonds. The molecule has 2 aliphatic rings. The fourth-order valence-electron chi connectivity index (χ4n) is 3.10. The van der Waals surface area contributed by atoms with Crippen LogP contribution >= 0.6 is 12.2 Å². The van der Waals surface area contributed by atoms with E-state index >= 15 is 0 Å². The van der Waals surface area contributed by atoms with Crippen molar-refractivity contribution in [2.75, 3.05) is 25.0 Å². The molecule has 1 N–H and O–H groups in total. The molecule has 1 aromatic carbocycles. The van der Waals surface area contributed by atoms with Crippen molar-refractivity contribution < 1.29 is 4.79 Å². The number of hydrogen-bond acceptors (Lipinski definition) is 3. The number of benzene rings is 1. The van der Waals surface area contributed by atoms with Crippen LogP contribution in [0.15, 0.2) is 18.2 Å². The monoisotopic (exact) mass is 314 g/mol. The molecule has 1 aromatic rings. The molecule has 5 nitrogen and oxygen atoms in total. The van der Waals surface area contributed by atoms with E-state index in [2.05, 4.69) is 22.1 Å². The Balaban J connectivity index is 1.92. The predicted molar refractivity (Wildman–Crippen MR) is 90.1 cm³/mol.